The van der Waals surface area contributed by atoms with Crippen LogP contribution in [0.2, 0.25) is 0 Å². The van der Waals surface area contributed by atoms with Crippen molar-refractivity contribution >= 4 is 17.5 Å². The van der Waals surface area contributed by atoms with Crippen molar-refractivity contribution in [1.29, 1.82) is 0 Å². The predicted molar refractivity (Wildman–Crippen MR) is 94.0 cm³/mol. The van der Waals surface area contributed by atoms with Crippen LogP contribution in [-0.2, 0) is 16.1 Å². The Bertz CT molecular complexity index is 1010. The molecule has 2 aromatic carbocycles. The number of hydrogen-bond donors (Lipinski definition) is 2. The van der Waals surface area contributed by atoms with Gasteiger partial charge in [-0.1, -0.05) is 12.0 Å². The summed E-state index contributed by atoms with van der Waals surface area (Å²) in [7, 11) is 1.39. The fourth-order valence-electron chi connectivity index (χ4n) is 2.21. The Balaban J connectivity index is 2.09. The maximum absolute atomic E-state index is 13.6. The zero-order chi connectivity index (χ0) is 22.4. The molecule has 6 nitrogen and oxygen atoms in total. The van der Waals surface area contributed by atoms with Crippen molar-refractivity contribution in [3.05, 3.63) is 52.8 Å². The largest absolute Gasteiger partial charge is 0.493 e. The molecule has 0 aromatic heterocycles. The summed E-state index contributed by atoms with van der Waals surface area (Å²) < 4.78 is 76.9. The lowest BCUT2D eigenvalue weighted by Crippen LogP contribution is -2.35. The number of hydrogen-bond acceptors (Lipinski definition) is 4. The summed E-state index contributed by atoms with van der Waals surface area (Å²) in [5, 5.41) is 3.49. The molecule has 158 valence electrons. The number of nitrogens with one attached hydrogen (secondary N) is 2. The van der Waals surface area contributed by atoms with Gasteiger partial charge in [0.15, 0.2) is 34.8 Å². The highest BCUT2D eigenvalue weighted by Crippen LogP contribution is 2.28. The number of carbonyl (C=O) groups excluding carboxylic acids is 2. The molecule has 0 aliphatic heterocycles. The number of rotatable bonds is 6. The van der Waals surface area contributed by atoms with Crippen molar-refractivity contribution in [3.63, 3.8) is 0 Å². The minimum absolute atomic E-state index is 0.0590. The van der Waals surface area contributed by atoms with Gasteiger partial charge in [-0.05, 0) is 17.7 Å². The number of terminal acetylenes is 1. The SMILES string of the molecule is C#CCOc1cc(CNC(=O)C(=O)Nc2c(F)c(F)c(F)c(F)c2F)ccc1OC. The molecule has 2 N–H and O–H groups in total. The van der Waals surface area contributed by atoms with Crippen molar-refractivity contribution in [1.82, 2.24) is 5.32 Å². The summed E-state index contributed by atoms with van der Waals surface area (Å²) >= 11 is 0. The van der Waals surface area contributed by atoms with E-state index in [2.05, 4.69) is 11.2 Å². The average molecular weight is 428 g/mol. The number of ether oxygens (including phenoxy) is 2. The van der Waals surface area contributed by atoms with E-state index in [-0.39, 0.29) is 18.9 Å². The van der Waals surface area contributed by atoms with Gasteiger partial charge in [0.1, 0.15) is 12.3 Å². The third kappa shape index (κ3) is 4.78. The molecule has 30 heavy (non-hydrogen) atoms. The second-order valence-electron chi connectivity index (χ2n) is 5.56. The Morgan fingerprint density at radius 1 is 0.967 bits per heavy atom. The summed E-state index contributed by atoms with van der Waals surface area (Å²) in [5.41, 5.74) is -1.21. The molecular formula is C19H13F5N2O4. The van der Waals surface area contributed by atoms with E-state index in [4.69, 9.17) is 15.9 Å². The topological polar surface area (TPSA) is 76.7 Å². The minimum atomic E-state index is -2.39. The minimum Gasteiger partial charge on any atom is -0.493 e. The first-order chi connectivity index (χ1) is 14.2. The molecule has 0 aliphatic carbocycles. The molecule has 0 fully saturated rings. The second-order valence-corrected chi connectivity index (χ2v) is 5.56. The van der Waals surface area contributed by atoms with Crippen molar-refractivity contribution in [2.24, 2.45) is 0 Å². The Labute approximate surface area is 167 Å². The zero-order valence-corrected chi connectivity index (χ0v) is 15.2. The highest BCUT2D eigenvalue weighted by atomic mass is 19.2. The summed E-state index contributed by atoms with van der Waals surface area (Å²) in [6.45, 7) is -0.295. The molecular weight excluding hydrogens is 415 g/mol. The van der Waals surface area contributed by atoms with Gasteiger partial charge < -0.3 is 20.1 Å². The van der Waals surface area contributed by atoms with E-state index in [0.717, 1.165) is 0 Å². The van der Waals surface area contributed by atoms with E-state index in [1.807, 2.05) is 0 Å². The highest BCUT2D eigenvalue weighted by Gasteiger charge is 2.28. The maximum Gasteiger partial charge on any atom is 0.313 e. The molecule has 0 atom stereocenters. The molecule has 0 unspecified atom stereocenters. The van der Waals surface area contributed by atoms with Crippen LogP contribution in [-0.4, -0.2) is 25.5 Å². The van der Waals surface area contributed by atoms with E-state index < -0.39 is 46.6 Å². The zero-order valence-electron chi connectivity index (χ0n) is 15.2. The van der Waals surface area contributed by atoms with E-state index in [1.165, 1.54) is 30.6 Å². The van der Waals surface area contributed by atoms with Crippen LogP contribution in [0.4, 0.5) is 27.6 Å². The van der Waals surface area contributed by atoms with Crippen molar-refractivity contribution in [2.75, 3.05) is 19.0 Å². The molecule has 0 radical (unpaired) electrons. The molecule has 0 saturated carbocycles. The predicted octanol–water partition coefficient (Wildman–Crippen LogP) is 2.66. The summed E-state index contributed by atoms with van der Waals surface area (Å²) in [6.07, 6.45) is 5.11. The van der Waals surface area contributed by atoms with Gasteiger partial charge in [-0.2, -0.15) is 0 Å². The van der Waals surface area contributed by atoms with Gasteiger partial charge in [-0.3, -0.25) is 9.59 Å². The molecule has 11 heteroatoms. The lowest BCUT2D eigenvalue weighted by Gasteiger charge is -2.12. The first-order valence-corrected chi connectivity index (χ1v) is 8.05. The van der Waals surface area contributed by atoms with Gasteiger partial charge in [-0.25, -0.2) is 22.0 Å². The van der Waals surface area contributed by atoms with Crippen LogP contribution in [0.3, 0.4) is 0 Å². The fourth-order valence-corrected chi connectivity index (χ4v) is 2.21. The normalized spacial score (nSPS) is 10.2. The summed E-state index contributed by atoms with van der Waals surface area (Å²) in [6, 6.07) is 4.48. The van der Waals surface area contributed by atoms with Crippen molar-refractivity contribution in [3.8, 4) is 23.8 Å². The molecule has 0 saturated heterocycles. The van der Waals surface area contributed by atoms with Crippen LogP contribution in [0.25, 0.3) is 0 Å². The molecule has 0 heterocycles. The molecule has 0 aliphatic rings. The summed E-state index contributed by atoms with van der Waals surface area (Å²) in [4.78, 5) is 23.6. The number of methoxy groups -OCH3 is 1. The number of halogens is 5. The molecule has 2 rings (SSSR count). The van der Waals surface area contributed by atoms with E-state index in [0.29, 0.717) is 11.3 Å². The first kappa shape index (κ1) is 22.5. The number of amides is 2. The second kappa shape index (κ2) is 9.60. The quantitative estimate of drug-likeness (QED) is 0.244. The highest BCUT2D eigenvalue weighted by molar-refractivity contribution is 6.39. The van der Waals surface area contributed by atoms with Gasteiger partial charge in [-0.15, -0.1) is 6.42 Å². The van der Waals surface area contributed by atoms with E-state index in [9.17, 15) is 31.5 Å². The van der Waals surface area contributed by atoms with Crippen LogP contribution in [0.5, 0.6) is 11.5 Å². The molecule has 0 spiro atoms. The Kier molecular flexibility index (Phi) is 7.19. The number of carbonyl (C=O) groups is 2. The van der Waals surface area contributed by atoms with Crippen LogP contribution < -0.4 is 20.1 Å². The maximum atomic E-state index is 13.6. The standard InChI is InChI=1S/C19H13F5N2O4/c1-3-6-30-11-7-9(4-5-10(11)29-2)8-25-18(27)19(28)26-17-15(23)13(21)12(20)14(22)16(17)24/h1,4-5,7H,6,8H2,2H3,(H,25,27)(H,26,28). The van der Waals surface area contributed by atoms with Crippen LogP contribution >= 0.6 is 0 Å². The molecule has 2 amide bonds. The van der Waals surface area contributed by atoms with Crippen molar-refractivity contribution in [2.45, 2.75) is 6.54 Å². The average Bonchev–Trinajstić information content (AvgIpc) is 2.75. The lowest BCUT2D eigenvalue weighted by molar-refractivity contribution is -0.136. The van der Waals surface area contributed by atoms with Gasteiger partial charge in [0.25, 0.3) is 0 Å². The van der Waals surface area contributed by atoms with Gasteiger partial charge >= 0.3 is 11.8 Å². The smallest absolute Gasteiger partial charge is 0.313 e. The van der Waals surface area contributed by atoms with Crippen LogP contribution in [0.1, 0.15) is 5.56 Å². The van der Waals surface area contributed by atoms with E-state index in [1.54, 1.807) is 0 Å². The number of benzene rings is 2. The lowest BCUT2D eigenvalue weighted by atomic mass is 10.2. The third-order valence-electron chi connectivity index (χ3n) is 3.65. The first-order valence-electron chi connectivity index (χ1n) is 8.05. The Morgan fingerprint density at radius 2 is 1.57 bits per heavy atom. The third-order valence-corrected chi connectivity index (χ3v) is 3.65. The van der Waals surface area contributed by atoms with Crippen LogP contribution in [0, 0.1) is 41.4 Å². The molecule has 2 aromatic rings. The van der Waals surface area contributed by atoms with Gasteiger partial charge in [0.2, 0.25) is 5.82 Å². The van der Waals surface area contributed by atoms with Gasteiger partial charge in [0, 0.05) is 6.54 Å². The van der Waals surface area contributed by atoms with Crippen LogP contribution in [0.15, 0.2) is 18.2 Å². The van der Waals surface area contributed by atoms with Crippen molar-refractivity contribution < 1.29 is 41.0 Å². The van der Waals surface area contributed by atoms with Gasteiger partial charge in [0.05, 0.1) is 7.11 Å². The number of anilines is 1. The molecule has 0 bridgehead atoms. The Morgan fingerprint density at radius 3 is 2.13 bits per heavy atom. The summed E-state index contributed by atoms with van der Waals surface area (Å²) in [5.74, 6) is -11.6. The monoisotopic (exact) mass is 428 g/mol. The Hall–Kier alpha value is -3.81. The van der Waals surface area contributed by atoms with E-state index >= 15 is 0 Å². The fraction of sp³-hybridized carbons (Fsp3) is 0.158.